The van der Waals surface area contributed by atoms with Crippen LogP contribution in [0.4, 0.5) is 4.39 Å². The van der Waals surface area contributed by atoms with Gasteiger partial charge in [0.2, 0.25) is 0 Å². The lowest BCUT2D eigenvalue weighted by Gasteiger charge is -2.12. The summed E-state index contributed by atoms with van der Waals surface area (Å²) in [4.78, 5) is 0.909. The van der Waals surface area contributed by atoms with Gasteiger partial charge in [0, 0.05) is 10.6 Å². The van der Waals surface area contributed by atoms with E-state index in [0.29, 0.717) is 16.5 Å². The fraction of sp³-hybridized carbons (Fsp3) is 0.200. The van der Waals surface area contributed by atoms with Gasteiger partial charge in [-0.3, -0.25) is 0 Å². The Hall–Kier alpha value is -1.23. The van der Waals surface area contributed by atoms with E-state index in [1.807, 2.05) is 0 Å². The largest absolute Gasteiger partial charge is 0.495 e. The van der Waals surface area contributed by atoms with Gasteiger partial charge in [0.25, 0.3) is 0 Å². The summed E-state index contributed by atoms with van der Waals surface area (Å²) in [7, 11) is 1.53. The molecule has 2 nitrogen and oxygen atoms in total. The minimum absolute atomic E-state index is 0.266. The van der Waals surface area contributed by atoms with E-state index in [2.05, 4.69) is 0 Å². The molecule has 0 aromatic heterocycles. The van der Waals surface area contributed by atoms with Gasteiger partial charge in [-0.05, 0) is 42.0 Å². The molecule has 0 saturated heterocycles. The molecule has 0 amide bonds. The number of hydrogen-bond acceptors (Lipinski definition) is 3. The van der Waals surface area contributed by atoms with Crippen molar-refractivity contribution in [1.82, 2.24) is 0 Å². The molecule has 5 heteroatoms. The smallest absolute Gasteiger partial charge is 0.137 e. The Balaban J connectivity index is 2.01. The number of halogens is 2. The van der Waals surface area contributed by atoms with Crippen molar-refractivity contribution in [1.29, 1.82) is 0 Å². The average Bonchev–Trinajstić information content (AvgIpc) is 2.47. The first kappa shape index (κ1) is 15.2. The standard InChI is InChI=1S/C15H14ClFO2S/c1-19-15-8-10(2-7-13(15)16)14(18)9-20-12-5-3-11(17)4-6-12/h2-8,14,18H,9H2,1H3. The number of aliphatic hydroxyl groups is 1. The van der Waals surface area contributed by atoms with Crippen LogP contribution in [0.5, 0.6) is 5.75 Å². The van der Waals surface area contributed by atoms with Crippen LogP contribution in [-0.2, 0) is 0 Å². The number of methoxy groups -OCH3 is 1. The van der Waals surface area contributed by atoms with Crippen LogP contribution >= 0.6 is 23.4 Å². The molecular weight excluding hydrogens is 299 g/mol. The topological polar surface area (TPSA) is 29.5 Å². The Morgan fingerprint density at radius 3 is 2.60 bits per heavy atom. The molecule has 1 N–H and O–H groups in total. The Labute approximate surface area is 126 Å². The predicted molar refractivity (Wildman–Crippen MR) is 80.1 cm³/mol. The van der Waals surface area contributed by atoms with Crippen LogP contribution in [0, 0.1) is 5.82 Å². The summed E-state index contributed by atoms with van der Waals surface area (Å²) in [6.07, 6.45) is -0.642. The zero-order valence-corrected chi connectivity index (χ0v) is 12.4. The number of aliphatic hydroxyl groups excluding tert-OH is 1. The van der Waals surface area contributed by atoms with Crippen LogP contribution in [0.2, 0.25) is 5.02 Å². The minimum Gasteiger partial charge on any atom is -0.495 e. The van der Waals surface area contributed by atoms with Gasteiger partial charge in [0.15, 0.2) is 0 Å². The van der Waals surface area contributed by atoms with Gasteiger partial charge in [0.1, 0.15) is 11.6 Å². The zero-order chi connectivity index (χ0) is 14.5. The summed E-state index contributed by atoms with van der Waals surface area (Å²) in [5.74, 6) is 0.739. The Morgan fingerprint density at radius 2 is 1.95 bits per heavy atom. The maximum Gasteiger partial charge on any atom is 0.137 e. The quantitative estimate of drug-likeness (QED) is 0.834. The predicted octanol–water partition coefficient (Wildman–Crippen LogP) is 4.31. The Bertz CT molecular complexity index is 575. The van der Waals surface area contributed by atoms with Gasteiger partial charge in [-0.15, -0.1) is 11.8 Å². The van der Waals surface area contributed by atoms with Gasteiger partial charge >= 0.3 is 0 Å². The molecule has 20 heavy (non-hydrogen) atoms. The first-order chi connectivity index (χ1) is 9.60. The van der Waals surface area contributed by atoms with Gasteiger partial charge in [0.05, 0.1) is 18.2 Å². The van der Waals surface area contributed by atoms with Gasteiger partial charge in [-0.1, -0.05) is 17.7 Å². The van der Waals surface area contributed by atoms with E-state index in [1.54, 1.807) is 30.3 Å². The third-order valence-electron chi connectivity index (χ3n) is 2.78. The number of hydrogen-bond donors (Lipinski definition) is 1. The maximum atomic E-state index is 12.8. The molecule has 1 atom stereocenters. The van der Waals surface area contributed by atoms with Crippen molar-refractivity contribution in [2.45, 2.75) is 11.0 Å². The summed E-state index contributed by atoms with van der Waals surface area (Å²) in [6.45, 7) is 0. The number of ether oxygens (including phenoxy) is 1. The van der Waals surface area contributed by atoms with Crippen LogP contribution in [0.1, 0.15) is 11.7 Å². The molecule has 2 aromatic rings. The Morgan fingerprint density at radius 1 is 1.25 bits per heavy atom. The molecule has 0 aliphatic heterocycles. The molecule has 2 rings (SSSR count). The molecule has 1 unspecified atom stereocenters. The highest BCUT2D eigenvalue weighted by molar-refractivity contribution is 7.99. The normalized spacial score (nSPS) is 12.2. The van der Waals surface area contributed by atoms with Crippen molar-refractivity contribution in [2.24, 2.45) is 0 Å². The van der Waals surface area contributed by atoms with Crippen LogP contribution in [0.3, 0.4) is 0 Å². The second kappa shape index (κ2) is 6.97. The first-order valence-corrected chi connectivity index (χ1v) is 7.36. The molecular formula is C15H14ClFO2S. The summed E-state index contributed by atoms with van der Waals surface area (Å²) in [5, 5.41) is 10.7. The molecule has 0 fully saturated rings. The van der Waals surface area contributed by atoms with Gasteiger partial charge < -0.3 is 9.84 Å². The maximum absolute atomic E-state index is 12.8. The van der Waals surface area contributed by atoms with Crippen molar-refractivity contribution in [2.75, 3.05) is 12.9 Å². The minimum atomic E-state index is -0.642. The van der Waals surface area contributed by atoms with E-state index >= 15 is 0 Å². The fourth-order valence-electron chi connectivity index (χ4n) is 1.69. The molecule has 2 aromatic carbocycles. The summed E-state index contributed by atoms with van der Waals surface area (Å²) in [5.41, 5.74) is 0.737. The van der Waals surface area contributed by atoms with E-state index in [-0.39, 0.29) is 5.82 Å². The van der Waals surface area contributed by atoms with E-state index < -0.39 is 6.10 Å². The monoisotopic (exact) mass is 312 g/mol. The van der Waals surface area contributed by atoms with Crippen molar-refractivity contribution in [3.63, 3.8) is 0 Å². The fourth-order valence-corrected chi connectivity index (χ4v) is 2.75. The highest BCUT2D eigenvalue weighted by Crippen LogP contribution is 2.30. The lowest BCUT2D eigenvalue weighted by molar-refractivity contribution is 0.203. The van der Waals surface area contributed by atoms with E-state index in [9.17, 15) is 9.50 Å². The van der Waals surface area contributed by atoms with Crippen LogP contribution < -0.4 is 4.74 Å². The summed E-state index contributed by atoms with van der Waals surface area (Å²) < 4.78 is 17.9. The molecule has 0 aliphatic rings. The number of rotatable bonds is 5. The average molecular weight is 313 g/mol. The number of thioether (sulfide) groups is 1. The SMILES string of the molecule is COc1cc(C(O)CSc2ccc(F)cc2)ccc1Cl. The highest BCUT2D eigenvalue weighted by Gasteiger charge is 2.11. The number of benzene rings is 2. The lowest BCUT2D eigenvalue weighted by Crippen LogP contribution is -2.01. The summed E-state index contributed by atoms with van der Waals surface area (Å²) >= 11 is 7.40. The molecule has 0 bridgehead atoms. The van der Waals surface area contributed by atoms with Gasteiger partial charge in [-0.2, -0.15) is 0 Å². The van der Waals surface area contributed by atoms with Crippen LogP contribution in [0.15, 0.2) is 47.4 Å². The second-order valence-electron chi connectivity index (χ2n) is 4.17. The molecule has 0 heterocycles. The zero-order valence-electron chi connectivity index (χ0n) is 10.8. The highest BCUT2D eigenvalue weighted by atomic mass is 35.5. The molecule has 0 spiro atoms. The third-order valence-corrected chi connectivity index (χ3v) is 4.18. The van der Waals surface area contributed by atoms with E-state index in [0.717, 1.165) is 10.5 Å². The van der Waals surface area contributed by atoms with Crippen LogP contribution in [-0.4, -0.2) is 18.0 Å². The van der Waals surface area contributed by atoms with Crippen LogP contribution in [0.25, 0.3) is 0 Å². The Kier molecular flexibility index (Phi) is 5.29. The van der Waals surface area contributed by atoms with Crippen molar-refractivity contribution in [3.8, 4) is 5.75 Å². The first-order valence-electron chi connectivity index (χ1n) is 6.00. The molecule has 0 radical (unpaired) electrons. The van der Waals surface area contributed by atoms with E-state index in [4.69, 9.17) is 16.3 Å². The second-order valence-corrected chi connectivity index (χ2v) is 5.68. The van der Waals surface area contributed by atoms with Crippen molar-refractivity contribution >= 4 is 23.4 Å². The third kappa shape index (κ3) is 3.88. The summed E-state index contributed by atoms with van der Waals surface area (Å²) in [6, 6.07) is 11.4. The lowest BCUT2D eigenvalue weighted by atomic mass is 10.1. The molecule has 0 saturated carbocycles. The van der Waals surface area contributed by atoms with E-state index in [1.165, 1.54) is 31.0 Å². The van der Waals surface area contributed by atoms with Gasteiger partial charge in [-0.25, -0.2) is 4.39 Å². The van der Waals surface area contributed by atoms with Crippen molar-refractivity contribution in [3.05, 3.63) is 58.9 Å². The molecule has 106 valence electrons. The van der Waals surface area contributed by atoms with Crippen molar-refractivity contribution < 1.29 is 14.2 Å². The molecule has 0 aliphatic carbocycles.